The molecule has 0 spiro atoms. The van der Waals surface area contributed by atoms with Crippen LogP contribution in [0.25, 0.3) is 0 Å². The number of halogens is 1. The van der Waals surface area contributed by atoms with Gasteiger partial charge in [0.2, 0.25) is 0 Å². The summed E-state index contributed by atoms with van der Waals surface area (Å²) >= 11 is 5.84. The van der Waals surface area contributed by atoms with Gasteiger partial charge in [0.1, 0.15) is 11.3 Å². The van der Waals surface area contributed by atoms with E-state index in [2.05, 4.69) is 5.32 Å². The van der Waals surface area contributed by atoms with E-state index in [-0.39, 0.29) is 22.8 Å². The highest BCUT2D eigenvalue weighted by molar-refractivity contribution is 6.30. The quantitative estimate of drug-likeness (QED) is 0.846. The lowest BCUT2D eigenvalue weighted by atomic mass is 10.0. The fourth-order valence-electron chi connectivity index (χ4n) is 1.54. The van der Waals surface area contributed by atoms with Gasteiger partial charge in [-0.15, -0.1) is 0 Å². The van der Waals surface area contributed by atoms with E-state index in [1.165, 1.54) is 18.2 Å². The number of carbonyl (C=O) groups is 2. The molecule has 1 amide bonds. The van der Waals surface area contributed by atoms with E-state index in [1.54, 1.807) is 6.92 Å². The molecule has 0 fully saturated rings. The Morgan fingerprint density at radius 2 is 2.05 bits per heavy atom. The highest BCUT2D eigenvalue weighted by atomic mass is 35.5. The number of carboxylic acids is 1. The summed E-state index contributed by atoms with van der Waals surface area (Å²) < 4.78 is 5.46. The number of hydrogen-bond acceptors (Lipinski definition) is 3. The molecule has 0 radical (unpaired) electrons. The molecule has 0 bridgehead atoms. The normalized spacial score (nSPS) is 12.6. The van der Waals surface area contributed by atoms with Crippen LogP contribution in [0.4, 0.5) is 0 Å². The minimum atomic E-state index is -1.14. The molecule has 0 aliphatic carbocycles. The van der Waals surface area contributed by atoms with Crippen molar-refractivity contribution in [3.05, 3.63) is 28.8 Å². The van der Waals surface area contributed by atoms with Crippen LogP contribution in [-0.4, -0.2) is 28.6 Å². The Morgan fingerprint density at radius 1 is 1.43 bits per heavy atom. The first-order valence-electron chi connectivity index (χ1n) is 6.68. The second kappa shape index (κ2) is 6.80. The van der Waals surface area contributed by atoms with E-state index in [4.69, 9.17) is 21.4 Å². The molecule has 116 valence electrons. The fraction of sp³-hybridized carbons (Fsp3) is 0.467. The molecular weight excluding hydrogens is 294 g/mol. The molecule has 5 nitrogen and oxygen atoms in total. The van der Waals surface area contributed by atoms with Gasteiger partial charge in [0.15, 0.2) is 6.10 Å². The van der Waals surface area contributed by atoms with E-state index in [0.29, 0.717) is 5.02 Å². The highest BCUT2D eigenvalue weighted by Gasteiger charge is 2.24. The van der Waals surface area contributed by atoms with Gasteiger partial charge in [-0.2, -0.15) is 0 Å². The summed E-state index contributed by atoms with van der Waals surface area (Å²) in [4.78, 5) is 23.2. The van der Waals surface area contributed by atoms with Gasteiger partial charge in [0, 0.05) is 10.6 Å². The molecule has 6 heteroatoms. The van der Waals surface area contributed by atoms with Crippen LogP contribution < -0.4 is 10.1 Å². The van der Waals surface area contributed by atoms with Crippen LogP contribution in [0.15, 0.2) is 18.2 Å². The fourth-order valence-corrected chi connectivity index (χ4v) is 1.70. The average Bonchev–Trinajstić information content (AvgIpc) is 2.37. The largest absolute Gasteiger partial charge is 0.480 e. The Balaban J connectivity index is 2.88. The molecule has 0 saturated carbocycles. The molecule has 0 heterocycles. The number of carboxylic acid groups (broad SMARTS) is 1. The predicted molar refractivity (Wildman–Crippen MR) is 81.0 cm³/mol. The minimum Gasteiger partial charge on any atom is -0.480 e. The molecule has 0 saturated heterocycles. The van der Waals surface area contributed by atoms with Crippen molar-refractivity contribution in [1.29, 1.82) is 0 Å². The molecule has 0 aliphatic rings. The van der Waals surface area contributed by atoms with Crippen molar-refractivity contribution in [2.24, 2.45) is 0 Å². The minimum absolute atomic E-state index is 0.0335. The smallest absolute Gasteiger partial charge is 0.339 e. The molecule has 1 rings (SSSR count). The van der Waals surface area contributed by atoms with E-state index in [1.807, 2.05) is 20.8 Å². The molecule has 0 aromatic heterocycles. The predicted octanol–water partition coefficient (Wildman–Crippen LogP) is 3.11. The summed E-state index contributed by atoms with van der Waals surface area (Å²) in [5.74, 6) is -1.37. The molecule has 1 aromatic carbocycles. The monoisotopic (exact) mass is 313 g/mol. The number of rotatable bonds is 6. The number of ether oxygens (including phenoxy) is 1. The van der Waals surface area contributed by atoms with Gasteiger partial charge in [-0.3, -0.25) is 4.79 Å². The summed E-state index contributed by atoms with van der Waals surface area (Å²) in [6.07, 6.45) is -0.0596. The van der Waals surface area contributed by atoms with Crippen LogP contribution >= 0.6 is 11.6 Å². The van der Waals surface area contributed by atoms with Crippen molar-refractivity contribution < 1.29 is 19.4 Å². The third-order valence-electron chi connectivity index (χ3n) is 3.19. The number of aromatic carboxylic acids is 1. The van der Waals surface area contributed by atoms with Crippen LogP contribution in [-0.2, 0) is 4.79 Å². The molecule has 0 aliphatic heterocycles. The maximum absolute atomic E-state index is 12.1. The highest BCUT2D eigenvalue weighted by Crippen LogP contribution is 2.24. The summed E-state index contributed by atoms with van der Waals surface area (Å²) in [6.45, 7) is 7.33. The Kier molecular flexibility index (Phi) is 5.61. The average molecular weight is 314 g/mol. The zero-order chi connectivity index (χ0) is 16.2. The van der Waals surface area contributed by atoms with Crippen molar-refractivity contribution in [1.82, 2.24) is 5.32 Å². The van der Waals surface area contributed by atoms with Gasteiger partial charge in [0.05, 0.1) is 0 Å². The van der Waals surface area contributed by atoms with E-state index >= 15 is 0 Å². The van der Waals surface area contributed by atoms with Crippen molar-refractivity contribution >= 4 is 23.5 Å². The first-order chi connectivity index (χ1) is 9.66. The number of benzene rings is 1. The van der Waals surface area contributed by atoms with Crippen molar-refractivity contribution in [3.8, 4) is 5.75 Å². The molecule has 21 heavy (non-hydrogen) atoms. The SMILES string of the molecule is CCC(C)(C)NC(=O)C(C)Oc1cc(Cl)ccc1C(=O)O. The summed E-state index contributed by atoms with van der Waals surface area (Å²) in [7, 11) is 0. The zero-order valence-corrected chi connectivity index (χ0v) is 13.3. The molecular formula is C15H20ClNO4. The summed E-state index contributed by atoms with van der Waals surface area (Å²) in [6, 6.07) is 4.20. The van der Waals surface area contributed by atoms with Gasteiger partial charge in [0.25, 0.3) is 5.91 Å². The van der Waals surface area contributed by atoms with Gasteiger partial charge in [-0.05, 0) is 45.4 Å². The van der Waals surface area contributed by atoms with Crippen molar-refractivity contribution in [2.75, 3.05) is 0 Å². The third kappa shape index (κ3) is 4.93. The lowest BCUT2D eigenvalue weighted by Gasteiger charge is -2.26. The maximum Gasteiger partial charge on any atom is 0.339 e. The zero-order valence-electron chi connectivity index (χ0n) is 12.6. The Hall–Kier alpha value is -1.75. The molecule has 1 aromatic rings. The standard InChI is InChI=1S/C15H20ClNO4/c1-5-15(3,4)17-13(18)9(2)21-12-8-10(16)6-7-11(12)14(19)20/h6-9H,5H2,1-4H3,(H,17,18)(H,19,20). The van der Waals surface area contributed by atoms with Gasteiger partial charge >= 0.3 is 5.97 Å². The van der Waals surface area contributed by atoms with Crippen LogP contribution in [0.3, 0.4) is 0 Å². The summed E-state index contributed by atoms with van der Waals surface area (Å²) in [5.41, 5.74) is -0.382. The Bertz CT molecular complexity index is 542. The summed E-state index contributed by atoms with van der Waals surface area (Å²) in [5, 5.41) is 12.3. The lowest BCUT2D eigenvalue weighted by Crippen LogP contribution is -2.48. The van der Waals surface area contributed by atoms with Crippen LogP contribution in [0.2, 0.25) is 5.02 Å². The molecule has 1 unspecified atom stereocenters. The van der Waals surface area contributed by atoms with Gasteiger partial charge in [-0.25, -0.2) is 4.79 Å². The first kappa shape index (κ1) is 17.3. The third-order valence-corrected chi connectivity index (χ3v) is 3.43. The van der Waals surface area contributed by atoms with Crippen LogP contribution in [0.1, 0.15) is 44.5 Å². The van der Waals surface area contributed by atoms with E-state index < -0.39 is 12.1 Å². The lowest BCUT2D eigenvalue weighted by molar-refractivity contribution is -0.129. The van der Waals surface area contributed by atoms with Crippen molar-refractivity contribution in [2.45, 2.75) is 45.8 Å². The Labute approximate surface area is 129 Å². The number of hydrogen-bond donors (Lipinski definition) is 2. The number of carbonyl (C=O) groups excluding carboxylic acids is 1. The number of nitrogens with one attached hydrogen (secondary N) is 1. The Morgan fingerprint density at radius 3 is 2.57 bits per heavy atom. The molecule has 2 N–H and O–H groups in total. The topological polar surface area (TPSA) is 75.6 Å². The van der Waals surface area contributed by atoms with Gasteiger partial charge in [-0.1, -0.05) is 18.5 Å². The maximum atomic E-state index is 12.1. The first-order valence-corrected chi connectivity index (χ1v) is 7.05. The van der Waals surface area contributed by atoms with Gasteiger partial charge < -0.3 is 15.2 Å². The van der Waals surface area contributed by atoms with Crippen LogP contribution in [0, 0.1) is 0 Å². The number of amides is 1. The van der Waals surface area contributed by atoms with Crippen LogP contribution in [0.5, 0.6) is 5.75 Å². The van der Waals surface area contributed by atoms with E-state index in [9.17, 15) is 9.59 Å². The van der Waals surface area contributed by atoms with E-state index in [0.717, 1.165) is 6.42 Å². The van der Waals surface area contributed by atoms with Crippen molar-refractivity contribution in [3.63, 3.8) is 0 Å². The molecule has 1 atom stereocenters. The second-order valence-electron chi connectivity index (χ2n) is 5.43. The second-order valence-corrected chi connectivity index (χ2v) is 5.87.